The Labute approximate surface area is 275 Å². The Morgan fingerprint density at radius 3 is 2.59 bits per heavy atom. The van der Waals surface area contributed by atoms with Crippen LogP contribution in [0.1, 0.15) is 49.8 Å². The normalized spacial score (nSPS) is 15.1. The number of amidine groups is 1. The molecule has 0 spiro atoms. The number of amides is 1. The first-order valence-electron chi connectivity index (χ1n) is 14.7. The number of thioether (sulfide) groups is 1. The van der Waals surface area contributed by atoms with Crippen molar-refractivity contribution in [2.24, 2.45) is 4.99 Å². The molecule has 1 aliphatic heterocycles. The Bertz CT molecular complexity index is 1750. The number of benzene rings is 3. The summed E-state index contributed by atoms with van der Waals surface area (Å²) in [6.07, 6.45) is -1.72. The minimum atomic E-state index is -4.75. The molecular weight excluding hydrogens is 634 g/mol. The van der Waals surface area contributed by atoms with Crippen LogP contribution in [-0.2, 0) is 11.2 Å². The predicted molar refractivity (Wildman–Crippen MR) is 180 cm³/mol. The van der Waals surface area contributed by atoms with Gasteiger partial charge in [0.2, 0.25) is 5.91 Å². The minimum absolute atomic E-state index is 0.0141. The number of anilines is 1. The monoisotopic (exact) mass is 666 g/mol. The third-order valence-electron chi connectivity index (χ3n) is 7.26. The number of thiocarbonyl (C=S) groups is 1. The molecule has 1 aliphatic rings. The highest BCUT2D eigenvalue weighted by Crippen LogP contribution is 2.34. The molecule has 1 N–H and O–H groups in total. The number of hydrogen-bond acceptors (Lipinski definition) is 6. The van der Waals surface area contributed by atoms with E-state index in [1.54, 1.807) is 4.90 Å². The first-order valence-corrected chi connectivity index (χ1v) is 16.1. The van der Waals surface area contributed by atoms with Crippen LogP contribution in [0.15, 0.2) is 78.0 Å². The number of alkyl halides is 3. The molecular formula is C33H33F3N6O2S2. The van der Waals surface area contributed by atoms with Crippen molar-refractivity contribution in [3.8, 4) is 22.8 Å². The molecule has 240 valence electrons. The second-order valence-electron chi connectivity index (χ2n) is 11.3. The Morgan fingerprint density at radius 2 is 1.87 bits per heavy atom. The third kappa shape index (κ3) is 8.32. The van der Waals surface area contributed by atoms with Gasteiger partial charge in [-0.2, -0.15) is 4.99 Å². The van der Waals surface area contributed by atoms with Gasteiger partial charge in [-0.15, -0.1) is 18.3 Å². The fourth-order valence-corrected chi connectivity index (χ4v) is 6.20. The number of aryl methyl sites for hydroxylation is 2. The van der Waals surface area contributed by atoms with Gasteiger partial charge in [0, 0.05) is 11.6 Å². The number of halogens is 3. The summed E-state index contributed by atoms with van der Waals surface area (Å²) in [6, 6.07) is 19.5. The average molecular weight is 667 g/mol. The van der Waals surface area contributed by atoms with Crippen molar-refractivity contribution in [2.75, 3.05) is 10.7 Å². The van der Waals surface area contributed by atoms with Gasteiger partial charge in [-0.25, -0.2) is 9.67 Å². The summed E-state index contributed by atoms with van der Waals surface area (Å²) < 4.78 is 42.8. The lowest BCUT2D eigenvalue weighted by atomic mass is 9.99. The summed E-state index contributed by atoms with van der Waals surface area (Å²) in [6.45, 7) is 8.25. The van der Waals surface area contributed by atoms with Crippen LogP contribution in [0.5, 0.6) is 5.75 Å². The molecule has 13 heteroatoms. The second kappa shape index (κ2) is 14.0. The topological polar surface area (TPSA) is 84.6 Å². The van der Waals surface area contributed by atoms with Crippen LogP contribution in [-0.4, -0.2) is 49.1 Å². The lowest BCUT2D eigenvalue weighted by molar-refractivity contribution is -0.274. The standard InChI is InChI=1S/C33H33F3N6O2S2/c1-20(2)27-15-8-21(3)16-28(27)42-29(43)18-46-32(42)39-31(45)38-22(4)9-10-23-6-5-7-24(17-23)30-37-19-41(40-30)25-11-13-26(14-12-25)44-33(34,35)36/h5-8,11-17,19-20,22H,9-10,18H2,1-4H3,(H,38,45)/b39-32-. The van der Waals surface area contributed by atoms with Crippen LogP contribution >= 0.6 is 24.0 Å². The van der Waals surface area contributed by atoms with Gasteiger partial charge in [0.1, 0.15) is 12.1 Å². The summed E-state index contributed by atoms with van der Waals surface area (Å²) >= 11 is 6.97. The van der Waals surface area contributed by atoms with Crippen molar-refractivity contribution in [1.29, 1.82) is 0 Å². The highest BCUT2D eigenvalue weighted by atomic mass is 32.2. The molecule has 0 bridgehead atoms. The molecule has 3 aromatic carbocycles. The molecule has 1 amide bonds. The zero-order valence-corrected chi connectivity index (χ0v) is 27.3. The highest BCUT2D eigenvalue weighted by molar-refractivity contribution is 8.15. The van der Waals surface area contributed by atoms with E-state index in [0.717, 1.165) is 40.8 Å². The van der Waals surface area contributed by atoms with Gasteiger partial charge in [-0.3, -0.25) is 9.69 Å². The van der Waals surface area contributed by atoms with Crippen molar-refractivity contribution >= 4 is 45.9 Å². The summed E-state index contributed by atoms with van der Waals surface area (Å²) in [5.74, 6) is 0.726. The maximum absolute atomic E-state index is 12.9. The van der Waals surface area contributed by atoms with E-state index < -0.39 is 6.36 Å². The fourth-order valence-electron chi connectivity index (χ4n) is 4.99. The van der Waals surface area contributed by atoms with Gasteiger partial charge in [0.25, 0.3) is 0 Å². The summed E-state index contributed by atoms with van der Waals surface area (Å²) in [7, 11) is 0. The maximum atomic E-state index is 12.9. The Morgan fingerprint density at radius 1 is 1.11 bits per heavy atom. The van der Waals surface area contributed by atoms with Gasteiger partial charge in [0.05, 0.1) is 17.1 Å². The second-order valence-corrected chi connectivity index (χ2v) is 12.6. The number of ether oxygens (including phenoxy) is 1. The van der Waals surface area contributed by atoms with Crippen LogP contribution < -0.4 is 15.0 Å². The largest absolute Gasteiger partial charge is 0.573 e. The Balaban J connectivity index is 1.20. The molecule has 0 radical (unpaired) electrons. The molecule has 0 saturated carbocycles. The summed E-state index contributed by atoms with van der Waals surface area (Å²) in [5, 5.41) is 8.70. The van der Waals surface area contributed by atoms with Gasteiger partial charge in [-0.1, -0.05) is 55.9 Å². The molecule has 1 fully saturated rings. The van der Waals surface area contributed by atoms with Crippen molar-refractivity contribution in [2.45, 2.75) is 58.9 Å². The van der Waals surface area contributed by atoms with Crippen molar-refractivity contribution < 1.29 is 22.7 Å². The molecule has 1 atom stereocenters. The van der Waals surface area contributed by atoms with Crippen LogP contribution in [0.3, 0.4) is 0 Å². The zero-order chi connectivity index (χ0) is 33.0. The molecule has 2 heterocycles. The SMILES string of the molecule is Cc1ccc(C(C)C)c(N2C(=O)CS/C2=N\C(=S)NC(C)CCc2cccc(-c3ncn(-c4ccc(OC(F)(F)F)cc4)n3)c2)c1. The molecule has 46 heavy (non-hydrogen) atoms. The Hall–Kier alpha value is -4.23. The van der Waals surface area contributed by atoms with E-state index in [2.05, 4.69) is 51.1 Å². The average Bonchev–Trinajstić information content (AvgIpc) is 3.62. The quantitative estimate of drug-likeness (QED) is 0.184. The van der Waals surface area contributed by atoms with Crippen molar-refractivity contribution in [3.05, 3.63) is 89.7 Å². The highest BCUT2D eigenvalue weighted by Gasteiger charge is 2.32. The number of nitrogens with one attached hydrogen (secondary N) is 1. The molecule has 1 saturated heterocycles. The van der Waals surface area contributed by atoms with Crippen LogP contribution in [0.4, 0.5) is 18.9 Å². The number of nitrogens with zero attached hydrogens (tertiary/aromatic N) is 5. The summed E-state index contributed by atoms with van der Waals surface area (Å²) in [4.78, 5) is 23.6. The number of carbonyl (C=O) groups excluding carboxylic acids is 1. The van der Waals surface area contributed by atoms with Gasteiger partial charge < -0.3 is 10.1 Å². The third-order valence-corrected chi connectivity index (χ3v) is 8.39. The summed E-state index contributed by atoms with van der Waals surface area (Å²) in [5.41, 5.74) is 5.45. The van der Waals surface area contributed by atoms with Crippen LogP contribution in [0.2, 0.25) is 0 Å². The molecule has 4 aromatic rings. The van der Waals surface area contributed by atoms with E-state index >= 15 is 0 Å². The van der Waals surface area contributed by atoms with Gasteiger partial charge in [0.15, 0.2) is 16.1 Å². The predicted octanol–water partition coefficient (Wildman–Crippen LogP) is 7.60. The number of hydrogen-bond donors (Lipinski definition) is 1. The first-order chi connectivity index (χ1) is 21.9. The lowest BCUT2D eigenvalue weighted by Gasteiger charge is -2.22. The van der Waals surface area contributed by atoms with Crippen LogP contribution in [0, 0.1) is 6.92 Å². The molecule has 1 aromatic heterocycles. The molecule has 8 nitrogen and oxygen atoms in total. The van der Waals surface area contributed by atoms with E-state index in [-0.39, 0.29) is 23.6 Å². The zero-order valence-electron chi connectivity index (χ0n) is 25.7. The number of carbonyl (C=O) groups is 1. The number of rotatable bonds is 9. The molecule has 1 unspecified atom stereocenters. The smallest absolute Gasteiger partial charge is 0.406 e. The van der Waals surface area contributed by atoms with E-state index in [4.69, 9.17) is 12.2 Å². The number of aliphatic imine (C=N–C) groups is 1. The lowest BCUT2D eigenvalue weighted by Crippen LogP contribution is -2.34. The van der Waals surface area contributed by atoms with E-state index in [0.29, 0.717) is 27.5 Å². The van der Waals surface area contributed by atoms with Crippen molar-refractivity contribution in [1.82, 2.24) is 20.1 Å². The molecule has 5 rings (SSSR count). The molecule has 0 aliphatic carbocycles. The minimum Gasteiger partial charge on any atom is -0.406 e. The van der Waals surface area contributed by atoms with Crippen molar-refractivity contribution in [3.63, 3.8) is 0 Å². The van der Waals surface area contributed by atoms with E-state index in [9.17, 15) is 18.0 Å². The van der Waals surface area contributed by atoms with Gasteiger partial charge >= 0.3 is 6.36 Å². The van der Waals surface area contributed by atoms with Crippen LogP contribution in [0.25, 0.3) is 17.1 Å². The van der Waals surface area contributed by atoms with E-state index in [1.807, 2.05) is 44.2 Å². The fraction of sp³-hybridized carbons (Fsp3) is 0.303. The van der Waals surface area contributed by atoms with Gasteiger partial charge in [-0.05, 0) is 97.9 Å². The maximum Gasteiger partial charge on any atom is 0.573 e. The number of aromatic nitrogens is 3. The van der Waals surface area contributed by atoms with E-state index in [1.165, 1.54) is 47.0 Å². The first kappa shape index (κ1) is 33.1. The Kier molecular flexibility index (Phi) is 10.1.